The highest BCUT2D eigenvalue weighted by molar-refractivity contribution is 7.13. The Balaban J connectivity index is 1.75. The quantitative estimate of drug-likeness (QED) is 0.773. The van der Waals surface area contributed by atoms with Crippen LogP contribution in [-0.4, -0.2) is 46.3 Å². The van der Waals surface area contributed by atoms with Crippen molar-refractivity contribution in [3.05, 3.63) is 33.9 Å². The van der Waals surface area contributed by atoms with E-state index in [9.17, 15) is 14.4 Å². The molecule has 1 atom stereocenters. The Morgan fingerprint density at radius 1 is 1.44 bits per heavy atom. The highest BCUT2D eigenvalue weighted by atomic mass is 32.1. The van der Waals surface area contributed by atoms with Crippen LogP contribution in [0.15, 0.2) is 28.4 Å². The highest BCUT2D eigenvalue weighted by Crippen LogP contribution is 2.23. The maximum atomic E-state index is 12.7. The number of aromatic nitrogens is 2. The second-order valence-electron chi connectivity index (χ2n) is 6.36. The van der Waals surface area contributed by atoms with Crippen molar-refractivity contribution in [1.82, 2.24) is 14.7 Å². The molecule has 1 amide bonds. The standard InChI is InChI=1S/C18H22N4O4S/c1-2-26-18(25)12-5-3-7-21(10-12)16(23)11-22-17(24)13(19)9-14(20-22)15-6-4-8-27-15/h4,6,8-9,12H,2-3,5,7,10-11,19H2,1H3. The first-order valence-electron chi connectivity index (χ1n) is 8.85. The predicted octanol–water partition coefficient (Wildman–Crippen LogP) is 1.36. The first kappa shape index (κ1) is 19.1. The van der Waals surface area contributed by atoms with Crippen molar-refractivity contribution >= 4 is 28.9 Å². The smallest absolute Gasteiger partial charge is 0.310 e. The van der Waals surface area contributed by atoms with E-state index in [0.717, 1.165) is 16.0 Å². The molecule has 0 aromatic carbocycles. The molecule has 2 aromatic rings. The van der Waals surface area contributed by atoms with Crippen LogP contribution in [0.3, 0.4) is 0 Å². The number of hydrogen-bond acceptors (Lipinski definition) is 7. The number of esters is 1. The van der Waals surface area contributed by atoms with Gasteiger partial charge < -0.3 is 15.4 Å². The van der Waals surface area contributed by atoms with Gasteiger partial charge in [0.05, 0.1) is 17.4 Å². The number of likely N-dealkylation sites (tertiary alicyclic amines) is 1. The maximum Gasteiger partial charge on any atom is 0.310 e. The molecule has 1 aliphatic heterocycles. The van der Waals surface area contributed by atoms with Crippen LogP contribution in [0.2, 0.25) is 0 Å². The van der Waals surface area contributed by atoms with Gasteiger partial charge in [0.15, 0.2) is 0 Å². The molecule has 9 heteroatoms. The van der Waals surface area contributed by atoms with Gasteiger partial charge in [-0.3, -0.25) is 14.4 Å². The molecule has 0 saturated carbocycles. The van der Waals surface area contributed by atoms with Crippen LogP contribution in [0.4, 0.5) is 5.69 Å². The van der Waals surface area contributed by atoms with Gasteiger partial charge >= 0.3 is 5.97 Å². The minimum absolute atomic E-state index is 0.0456. The Hall–Kier alpha value is -2.68. The van der Waals surface area contributed by atoms with Gasteiger partial charge in [-0.25, -0.2) is 4.68 Å². The molecule has 1 unspecified atom stereocenters. The van der Waals surface area contributed by atoms with Crippen molar-refractivity contribution in [3.8, 4) is 10.6 Å². The minimum Gasteiger partial charge on any atom is -0.466 e. The van der Waals surface area contributed by atoms with E-state index in [-0.39, 0.29) is 30.0 Å². The number of rotatable bonds is 5. The van der Waals surface area contributed by atoms with Crippen molar-refractivity contribution in [1.29, 1.82) is 0 Å². The number of amides is 1. The number of carbonyl (C=O) groups is 2. The van der Waals surface area contributed by atoms with E-state index in [0.29, 0.717) is 31.8 Å². The van der Waals surface area contributed by atoms with E-state index in [4.69, 9.17) is 10.5 Å². The molecule has 0 spiro atoms. The Morgan fingerprint density at radius 3 is 2.96 bits per heavy atom. The van der Waals surface area contributed by atoms with Crippen LogP contribution in [0.5, 0.6) is 0 Å². The Morgan fingerprint density at radius 2 is 2.26 bits per heavy atom. The van der Waals surface area contributed by atoms with Crippen molar-refractivity contribution in [2.45, 2.75) is 26.3 Å². The Labute approximate surface area is 160 Å². The number of nitrogens with two attached hydrogens (primary N) is 1. The third kappa shape index (κ3) is 4.36. The monoisotopic (exact) mass is 390 g/mol. The Kier molecular flexibility index (Phi) is 5.90. The highest BCUT2D eigenvalue weighted by Gasteiger charge is 2.29. The van der Waals surface area contributed by atoms with Crippen LogP contribution in [0.25, 0.3) is 10.6 Å². The molecular weight excluding hydrogens is 368 g/mol. The van der Waals surface area contributed by atoms with Crippen LogP contribution in [0.1, 0.15) is 19.8 Å². The number of anilines is 1. The van der Waals surface area contributed by atoms with Gasteiger partial charge in [0.25, 0.3) is 5.56 Å². The molecule has 1 saturated heterocycles. The summed E-state index contributed by atoms with van der Waals surface area (Å²) >= 11 is 1.47. The van der Waals surface area contributed by atoms with E-state index in [1.807, 2.05) is 17.5 Å². The third-order valence-corrected chi connectivity index (χ3v) is 5.35. The summed E-state index contributed by atoms with van der Waals surface area (Å²) in [6, 6.07) is 5.27. The summed E-state index contributed by atoms with van der Waals surface area (Å²) in [6.45, 7) is 2.71. The number of hydrogen-bond donors (Lipinski definition) is 1. The first-order chi connectivity index (χ1) is 13.0. The minimum atomic E-state index is -0.498. The fourth-order valence-corrected chi connectivity index (χ4v) is 3.78. The fraction of sp³-hybridized carbons (Fsp3) is 0.444. The molecule has 3 rings (SSSR count). The number of piperidine rings is 1. The van der Waals surface area contributed by atoms with Gasteiger partial charge in [-0.1, -0.05) is 6.07 Å². The normalized spacial score (nSPS) is 16.9. The molecule has 1 aliphatic rings. The molecule has 0 radical (unpaired) electrons. The third-order valence-electron chi connectivity index (χ3n) is 4.45. The summed E-state index contributed by atoms with van der Waals surface area (Å²) in [4.78, 5) is 39.4. The molecule has 8 nitrogen and oxygen atoms in total. The second-order valence-corrected chi connectivity index (χ2v) is 7.30. The summed E-state index contributed by atoms with van der Waals surface area (Å²) < 4.78 is 6.16. The van der Waals surface area contributed by atoms with E-state index in [1.165, 1.54) is 17.4 Å². The number of carbonyl (C=O) groups excluding carboxylic acids is 2. The molecule has 2 aromatic heterocycles. The van der Waals surface area contributed by atoms with E-state index in [2.05, 4.69) is 5.10 Å². The average molecular weight is 390 g/mol. The van der Waals surface area contributed by atoms with Gasteiger partial charge in [0.1, 0.15) is 17.9 Å². The summed E-state index contributed by atoms with van der Waals surface area (Å²) in [5.74, 6) is -0.870. The van der Waals surface area contributed by atoms with E-state index in [1.54, 1.807) is 11.8 Å². The van der Waals surface area contributed by atoms with Crippen LogP contribution in [-0.2, 0) is 20.9 Å². The molecule has 0 aliphatic carbocycles. The SMILES string of the molecule is CCOC(=O)C1CCCN(C(=O)Cn2nc(-c3cccs3)cc(N)c2=O)C1. The van der Waals surface area contributed by atoms with Crippen molar-refractivity contribution in [2.24, 2.45) is 5.92 Å². The molecular formula is C18H22N4O4S. The summed E-state index contributed by atoms with van der Waals surface area (Å²) in [6.07, 6.45) is 1.41. The molecule has 27 heavy (non-hydrogen) atoms. The summed E-state index contributed by atoms with van der Waals surface area (Å²) in [5.41, 5.74) is 5.92. The van der Waals surface area contributed by atoms with Gasteiger partial charge in [-0.05, 0) is 37.3 Å². The lowest BCUT2D eigenvalue weighted by atomic mass is 9.98. The van der Waals surface area contributed by atoms with Crippen molar-refractivity contribution < 1.29 is 14.3 Å². The predicted molar refractivity (Wildman–Crippen MR) is 102 cm³/mol. The number of ether oxygens (including phenoxy) is 1. The zero-order valence-corrected chi connectivity index (χ0v) is 15.9. The summed E-state index contributed by atoms with van der Waals surface area (Å²) in [5, 5.41) is 6.19. The first-order valence-corrected chi connectivity index (χ1v) is 9.73. The summed E-state index contributed by atoms with van der Waals surface area (Å²) in [7, 11) is 0. The topological polar surface area (TPSA) is 108 Å². The molecule has 1 fully saturated rings. The average Bonchev–Trinajstić information content (AvgIpc) is 3.20. The van der Waals surface area contributed by atoms with Crippen LogP contribution in [0, 0.1) is 5.92 Å². The zero-order valence-electron chi connectivity index (χ0n) is 15.1. The fourth-order valence-electron chi connectivity index (χ4n) is 3.10. The van der Waals surface area contributed by atoms with E-state index >= 15 is 0 Å². The van der Waals surface area contributed by atoms with Gasteiger partial charge in [-0.15, -0.1) is 11.3 Å². The molecule has 0 bridgehead atoms. The van der Waals surface area contributed by atoms with Crippen molar-refractivity contribution in [2.75, 3.05) is 25.4 Å². The molecule has 2 N–H and O–H groups in total. The lowest BCUT2D eigenvalue weighted by molar-refractivity contribution is -0.151. The van der Waals surface area contributed by atoms with Crippen LogP contribution >= 0.6 is 11.3 Å². The van der Waals surface area contributed by atoms with Gasteiger partial charge in [0.2, 0.25) is 5.91 Å². The molecule has 144 valence electrons. The van der Waals surface area contributed by atoms with Gasteiger partial charge in [-0.2, -0.15) is 5.10 Å². The zero-order chi connectivity index (χ0) is 19.4. The Bertz CT molecular complexity index is 878. The van der Waals surface area contributed by atoms with Crippen LogP contribution < -0.4 is 11.3 Å². The number of nitrogens with zero attached hydrogens (tertiary/aromatic N) is 3. The van der Waals surface area contributed by atoms with Crippen molar-refractivity contribution in [3.63, 3.8) is 0 Å². The molecule has 3 heterocycles. The lowest BCUT2D eigenvalue weighted by Crippen LogP contribution is -2.45. The van der Waals surface area contributed by atoms with E-state index < -0.39 is 5.56 Å². The second kappa shape index (κ2) is 8.34. The largest absolute Gasteiger partial charge is 0.466 e. The van der Waals surface area contributed by atoms with Gasteiger partial charge in [0, 0.05) is 13.1 Å². The number of thiophene rings is 1. The number of nitrogen functional groups attached to an aromatic ring is 1. The lowest BCUT2D eigenvalue weighted by Gasteiger charge is -2.31. The maximum absolute atomic E-state index is 12.7.